The second-order valence-corrected chi connectivity index (χ2v) is 8.06. The Morgan fingerprint density at radius 3 is 2.05 bits per heavy atom. The minimum Gasteiger partial charge on any atom is -0.461 e. The van der Waals surface area contributed by atoms with Crippen molar-refractivity contribution in [3.63, 3.8) is 0 Å². The van der Waals surface area contributed by atoms with Gasteiger partial charge in [-0.25, -0.2) is 0 Å². The summed E-state index contributed by atoms with van der Waals surface area (Å²) in [7, 11) is 0. The number of hydrogen-bond acceptors (Lipinski definition) is 8. The van der Waals surface area contributed by atoms with E-state index in [1.54, 1.807) is 24.3 Å². The number of ether oxygens (including phenoxy) is 2. The third-order valence-electron chi connectivity index (χ3n) is 5.05. The Morgan fingerprint density at radius 1 is 0.763 bits per heavy atom. The molecule has 2 rings (SSSR count). The third kappa shape index (κ3) is 12.6. The number of carbonyl (C=O) groups is 5. The molecule has 0 unspecified atom stereocenters. The van der Waals surface area contributed by atoms with E-state index in [0.29, 0.717) is 0 Å². The first kappa shape index (κ1) is 29.9. The minimum atomic E-state index is -0.981. The van der Waals surface area contributed by atoms with Gasteiger partial charge in [-0.15, -0.1) is 0 Å². The molecular weight excluding hydrogens is 494 g/mol. The summed E-state index contributed by atoms with van der Waals surface area (Å²) in [6, 6.07) is 17.3. The van der Waals surface area contributed by atoms with Crippen LogP contribution in [0.15, 0.2) is 60.7 Å². The van der Waals surface area contributed by atoms with Crippen molar-refractivity contribution in [3.05, 3.63) is 71.8 Å². The fourth-order valence-corrected chi connectivity index (χ4v) is 3.08. The van der Waals surface area contributed by atoms with Crippen molar-refractivity contribution in [2.24, 2.45) is 5.73 Å². The van der Waals surface area contributed by atoms with E-state index in [-0.39, 0.29) is 52.4 Å². The molecule has 0 aliphatic carbocycles. The molecule has 12 heteroatoms. The van der Waals surface area contributed by atoms with Crippen molar-refractivity contribution in [2.45, 2.75) is 25.5 Å². The average molecular weight is 528 g/mol. The maximum Gasteiger partial charge on any atom is 0.308 e. The largest absolute Gasteiger partial charge is 0.461 e. The second-order valence-electron chi connectivity index (χ2n) is 8.06. The number of carbonyl (C=O) groups excluding carboxylic acids is 5. The zero-order valence-corrected chi connectivity index (χ0v) is 20.9. The molecule has 0 radical (unpaired) electrons. The Balaban J connectivity index is 1.69. The lowest BCUT2D eigenvalue weighted by Gasteiger charge is -2.19. The van der Waals surface area contributed by atoms with E-state index in [1.807, 2.05) is 36.4 Å². The van der Waals surface area contributed by atoms with Gasteiger partial charge in [0.05, 0.1) is 32.7 Å². The Bertz CT molecular complexity index is 1050. The molecule has 0 bridgehead atoms. The van der Waals surface area contributed by atoms with Crippen LogP contribution >= 0.6 is 0 Å². The summed E-state index contributed by atoms with van der Waals surface area (Å²) in [5.74, 6) is -2.62. The number of hydrogen-bond donors (Lipinski definition) is 5. The smallest absolute Gasteiger partial charge is 0.308 e. The van der Waals surface area contributed by atoms with E-state index in [1.165, 1.54) is 0 Å². The van der Waals surface area contributed by atoms with Crippen molar-refractivity contribution < 1.29 is 33.4 Å². The molecule has 2 aromatic carbocycles. The Labute approximate surface area is 220 Å². The third-order valence-corrected chi connectivity index (χ3v) is 5.05. The van der Waals surface area contributed by atoms with Crippen molar-refractivity contribution in [1.29, 1.82) is 0 Å². The highest BCUT2D eigenvalue weighted by Gasteiger charge is 2.22. The molecule has 204 valence electrons. The molecule has 2 aromatic rings. The maximum atomic E-state index is 12.7. The highest BCUT2D eigenvalue weighted by atomic mass is 16.5. The molecule has 12 nitrogen and oxygen atoms in total. The highest BCUT2D eigenvalue weighted by Crippen LogP contribution is 2.04. The Hall–Kier alpha value is -4.29. The summed E-state index contributed by atoms with van der Waals surface area (Å²) in [4.78, 5) is 60.0. The lowest BCUT2D eigenvalue weighted by atomic mass is 10.1. The summed E-state index contributed by atoms with van der Waals surface area (Å²) in [5.41, 5.74) is 6.87. The van der Waals surface area contributed by atoms with E-state index in [2.05, 4.69) is 21.3 Å². The van der Waals surface area contributed by atoms with Crippen LogP contribution in [0.5, 0.6) is 0 Å². The number of nitrogens with one attached hydrogen (secondary N) is 4. The number of rotatable bonds is 16. The van der Waals surface area contributed by atoms with Crippen LogP contribution in [0.1, 0.15) is 17.5 Å². The molecular formula is C26H33N5O7. The molecule has 38 heavy (non-hydrogen) atoms. The van der Waals surface area contributed by atoms with Crippen molar-refractivity contribution in [3.8, 4) is 0 Å². The van der Waals surface area contributed by atoms with Crippen LogP contribution in [-0.2, 0) is 46.5 Å². The van der Waals surface area contributed by atoms with E-state index in [9.17, 15) is 24.0 Å². The molecule has 4 amide bonds. The average Bonchev–Trinajstić information content (AvgIpc) is 2.94. The van der Waals surface area contributed by atoms with Gasteiger partial charge in [0.2, 0.25) is 23.6 Å². The van der Waals surface area contributed by atoms with Gasteiger partial charge < -0.3 is 36.5 Å². The summed E-state index contributed by atoms with van der Waals surface area (Å²) < 4.78 is 10.4. The van der Waals surface area contributed by atoms with Gasteiger partial charge in [0.15, 0.2) is 0 Å². The standard InChI is InChI=1S/C26H33N5O7/c27-14-22(32)28-16-24(34)31-21(13-19-7-3-1-4-8-19)26(36)29-15-23(33)30-18-37-12-11-25(35)38-17-20-9-5-2-6-10-20/h1-10,21H,11-18,27H2,(H,28,32)(H,29,36)(H,30,33)(H,31,34)/t21-/m0/s1. The van der Waals surface area contributed by atoms with Crippen LogP contribution < -0.4 is 27.0 Å². The van der Waals surface area contributed by atoms with Gasteiger partial charge in [0.25, 0.3) is 0 Å². The summed E-state index contributed by atoms with van der Waals surface area (Å²) in [6.07, 6.45) is 0.195. The van der Waals surface area contributed by atoms with Crippen LogP contribution in [0.3, 0.4) is 0 Å². The first-order chi connectivity index (χ1) is 18.4. The summed E-state index contributed by atoms with van der Waals surface area (Å²) >= 11 is 0. The molecule has 1 atom stereocenters. The monoisotopic (exact) mass is 527 g/mol. The molecule has 0 spiro atoms. The van der Waals surface area contributed by atoms with Gasteiger partial charge in [-0.2, -0.15) is 0 Å². The summed E-state index contributed by atoms with van der Waals surface area (Å²) in [5, 5.41) is 9.82. The molecule has 0 aromatic heterocycles. The van der Waals surface area contributed by atoms with Crippen LogP contribution in [-0.4, -0.2) is 68.6 Å². The Kier molecular flexibility index (Phi) is 13.6. The number of esters is 1. The Morgan fingerprint density at radius 2 is 1.39 bits per heavy atom. The van der Waals surface area contributed by atoms with Crippen LogP contribution in [0.2, 0.25) is 0 Å². The first-order valence-electron chi connectivity index (χ1n) is 12.0. The van der Waals surface area contributed by atoms with Gasteiger partial charge in [-0.05, 0) is 11.1 Å². The van der Waals surface area contributed by atoms with Crippen molar-refractivity contribution >= 4 is 29.6 Å². The fourth-order valence-electron chi connectivity index (χ4n) is 3.08. The highest BCUT2D eigenvalue weighted by molar-refractivity contribution is 5.92. The normalized spacial score (nSPS) is 11.1. The van der Waals surface area contributed by atoms with Gasteiger partial charge in [-0.1, -0.05) is 60.7 Å². The maximum absolute atomic E-state index is 12.7. The van der Waals surface area contributed by atoms with Gasteiger partial charge in [0.1, 0.15) is 19.4 Å². The van der Waals surface area contributed by atoms with Crippen LogP contribution in [0, 0.1) is 0 Å². The topological polar surface area (TPSA) is 178 Å². The van der Waals surface area contributed by atoms with Gasteiger partial charge >= 0.3 is 5.97 Å². The number of nitrogens with two attached hydrogens (primary N) is 1. The number of amides is 4. The quantitative estimate of drug-likeness (QED) is 0.106. The van der Waals surface area contributed by atoms with E-state index in [0.717, 1.165) is 11.1 Å². The molecule has 0 fully saturated rings. The zero-order valence-electron chi connectivity index (χ0n) is 20.9. The number of benzene rings is 2. The van der Waals surface area contributed by atoms with Crippen molar-refractivity contribution in [1.82, 2.24) is 21.3 Å². The van der Waals surface area contributed by atoms with E-state index < -0.39 is 35.6 Å². The second kappa shape index (κ2) is 17.2. The molecule has 0 saturated heterocycles. The first-order valence-corrected chi connectivity index (χ1v) is 12.0. The SMILES string of the molecule is NCC(=O)NCC(=O)N[C@@H](Cc1ccccc1)C(=O)NCC(=O)NCOCCC(=O)OCc1ccccc1. The predicted molar refractivity (Wildman–Crippen MR) is 137 cm³/mol. The molecule has 0 aliphatic heterocycles. The van der Waals surface area contributed by atoms with Crippen LogP contribution in [0.4, 0.5) is 0 Å². The van der Waals surface area contributed by atoms with Crippen LogP contribution in [0.25, 0.3) is 0 Å². The molecule has 6 N–H and O–H groups in total. The van der Waals surface area contributed by atoms with Crippen molar-refractivity contribution in [2.75, 3.05) is 33.0 Å². The van der Waals surface area contributed by atoms with E-state index in [4.69, 9.17) is 15.2 Å². The fraction of sp³-hybridized carbons (Fsp3) is 0.346. The minimum absolute atomic E-state index is 0.0199. The van der Waals surface area contributed by atoms with E-state index >= 15 is 0 Å². The molecule has 0 aliphatic rings. The van der Waals surface area contributed by atoms with Gasteiger partial charge in [0, 0.05) is 6.42 Å². The summed E-state index contributed by atoms with van der Waals surface area (Å²) in [6.45, 7) is -0.904. The lowest BCUT2D eigenvalue weighted by molar-refractivity contribution is -0.146. The van der Waals surface area contributed by atoms with Gasteiger partial charge in [-0.3, -0.25) is 24.0 Å². The molecule has 0 saturated carbocycles. The predicted octanol–water partition coefficient (Wildman–Crippen LogP) is -0.871. The molecule has 0 heterocycles. The lowest BCUT2D eigenvalue weighted by Crippen LogP contribution is -2.52. The zero-order chi connectivity index (χ0) is 27.6.